The molecule has 0 radical (unpaired) electrons. The molecule has 0 heterocycles. The van der Waals surface area contributed by atoms with Gasteiger partial charge in [-0.1, -0.05) is 6.42 Å². The van der Waals surface area contributed by atoms with Gasteiger partial charge in [-0.15, -0.1) is 0 Å². The van der Waals surface area contributed by atoms with Crippen LogP contribution < -0.4 is 51.4 Å². The molecule has 1 rings (SSSR count). The van der Waals surface area contributed by atoms with Crippen molar-refractivity contribution in [2.75, 3.05) is 0 Å². The molecular weight excluding hydrogens is 127 g/mol. The molecule has 0 aliphatic heterocycles. The molecule has 0 aromatic carbocycles. The minimum Gasteiger partial charge on any atom is -0.396 e. The Morgan fingerprint density at radius 2 is 2.25 bits per heavy atom. The number of rotatable bonds is 0. The molecule has 1 fully saturated rings. The van der Waals surface area contributed by atoms with E-state index in [2.05, 4.69) is 6.42 Å². The van der Waals surface area contributed by atoms with E-state index >= 15 is 0 Å². The first-order valence-corrected chi connectivity index (χ1v) is 2.89. The van der Waals surface area contributed by atoms with Crippen LogP contribution in [0.3, 0.4) is 0 Å². The zero-order valence-corrected chi connectivity index (χ0v) is 8.55. The second kappa shape index (κ2) is 5.39. The van der Waals surface area contributed by atoms with Crippen LogP contribution in [0.15, 0.2) is 0 Å². The van der Waals surface area contributed by atoms with Gasteiger partial charge in [0.1, 0.15) is 0 Å². The van der Waals surface area contributed by atoms with Gasteiger partial charge in [0.05, 0.1) is 0 Å². The summed E-state index contributed by atoms with van der Waals surface area (Å²) in [6.07, 6.45) is 6.46. The first kappa shape index (κ1) is 9.60. The van der Waals surface area contributed by atoms with E-state index in [1.54, 1.807) is 0 Å². The summed E-state index contributed by atoms with van der Waals surface area (Å²) in [5.74, 6) is 0. The third kappa shape index (κ3) is 3.59. The number of aliphatic hydroxyl groups excluding tert-OH is 1. The maximum atomic E-state index is 8.88. The van der Waals surface area contributed by atoms with Gasteiger partial charge in [0.25, 0.3) is 0 Å². The minimum atomic E-state index is -0.0197. The average Bonchev–Trinajstić information content (AvgIpc) is 1.69. The maximum Gasteiger partial charge on any atom is 1.00 e. The van der Waals surface area contributed by atoms with Crippen LogP contribution in [0.25, 0.3) is 0 Å². The van der Waals surface area contributed by atoms with Crippen LogP contribution in [0.2, 0.25) is 0 Å². The van der Waals surface area contributed by atoms with Crippen molar-refractivity contribution in [2.24, 2.45) is 0 Å². The molecule has 1 aliphatic carbocycles. The van der Waals surface area contributed by atoms with Gasteiger partial charge >= 0.3 is 51.4 Å². The SMILES string of the molecule is OC1C[CH-]CCC1.[K+]. The minimum absolute atomic E-state index is 0. The van der Waals surface area contributed by atoms with Crippen LogP contribution in [0.4, 0.5) is 0 Å². The molecule has 0 aromatic rings. The molecule has 1 atom stereocenters. The summed E-state index contributed by atoms with van der Waals surface area (Å²) >= 11 is 0. The van der Waals surface area contributed by atoms with Crippen molar-refractivity contribution >= 4 is 0 Å². The summed E-state index contributed by atoms with van der Waals surface area (Å²) in [6.45, 7) is 0. The van der Waals surface area contributed by atoms with Crippen LogP contribution in [-0.4, -0.2) is 11.2 Å². The molecule has 0 amide bonds. The van der Waals surface area contributed by atoms with E-state index in [0.717, 1.165) is 12.8 Å². The fourth-order valence-electron chi connectivity index (χ4n) is 0.926. The van der Waals surface area contributed by atoms with Crippen LogP contribution in [-0.2, 0) is 0 Å². The van der Waals surface area contributed by atoms with Crippen LogP contribution in [0.1, 0.15) is 25.7 Å². The van der Waals surface area contributed by atoms with Crippen molar-refractivity contribution in [3.8, 4) is 0 Å². The van der Waals surface area contributed by atoms with Gasteiger partial charge < -0.3 is 11.5 Å². The molecule has 1 saturated carbocycles. The Kier molecular flexibility index (Phi) is 6.46. The summed E-state index contributed by atoms with van der Waals surface area (Å²) in [5.41, 5.74) is 0. The van der Waals surface area contributed by atoms with Gasteiger partial charge in [0, 0.05) is 6.10 Å². The summed E-state index contributed by atoms with van der Waals surface area (Å²) in [5, 5.41) is 8.88. The number of hydrogen-bond donors (Lipinski definition) is 1. The Morgan fingerprint density at radius 1 is 1.50 bits per heavy atom. The first-order valence-electron chi connectivity index (χ1n) is 2.89. The predicted molar refractivity (Wildman–Crippen MR) is 28.8 cm³/mol. The molecule has 2 heteroatoms. The Balaban J connectivity index is 0.000000490. The molecule has 1 aliphatic rings. The van der Waals surface area contributed by atoms with Gasteiger partial charge in [-0.05, 0) is 6.42 Å². The van der Waals surface area contributed by atoms with Gasteiger partial charge in [-0.2, -0.15) is 12.8 Å². The summed E-state index contributed by atoms with van der Waals surface area (Å²) in [7, 11) is 0. The Labute approximate surface area is 93.3 Å². The van der Waals surface area contributed by atoms with Crippen molar-refractivity contribution < 1.29 is 56.5 Å². The second-order valence-corrected chi connectivity index (χ2v) is 2.11. The Hall–Kier alpha value is 1.60. The zero-order valence-electron chi connectivity index (χ0n) is 5.43. The van der Waals surface area contributed by atoms with Crippen molar-refractivity contribution in [1.82, 2.24) is 0 Å². The van der Waals surface area contributed by atoms with Crippen LogP contribution >= 0.6 is 0 Å². The van der Waals surface area contributed by atoms with Crippen molar-refractivity contribution in [2.45, 2.75) is 31.8 Å². The smallest absolute Gasteiger partial charge is 0.396 e. The molecule has 0 saturated heterocycles. The van der Waals surface area contributed by atoms with Gasteiger partial charge in [0.2, 0.25) is 0 Å². The Bertz CT molecular complexity index is 50.5. The molecule has 1 N–H and O–H groups in total. The second-order valence-electron chi connectivity index (χ2n) is 2.11. The number of hydrogen-bond acceptors (Lipinski definition) is 1. The van der Waals surface area contributed by atoms with E-state index in [0.29, 0.717) is 0 Å². The van der Waals surface area contributed by atoms with Crippen LogP contribution in [0.5, 0.6) is 0 Å². The average molecular weight is 138 g/mol. The third-order valence-corrected chi connectivity index (χ3v) is 1.38. The molecule has 0 spiro atoms. The monoisotopic (exact) mass is 138 g/mol. The summed E-state index contributed by atoms with van der Waals surface area (Å²) in [6, 6.07) is 0. The largest absolute Gasteiger partial charge is 1.00 e. The van der Waals surface area contributed by atoms with E-state index in [4.69, 9.17) is 5.11 Å². The molecule has 8 heavy (non-hydrogen) atoms. The molecule has 0 aromatic heterocycles. The van der Waals surface area contributed by atoms with Crippen molar-refractivity contribution in [1.29, 1.82) is 0 Å². The maximum absolute atomic E-state index is 8.88. The number of aliphatic hydroxyl groups is 1. The Morgan fingerprint density at radius 3 is 2.50 bits per heavy atom. The fourth-order valence-corrected chi connectivity index (χ4v) is 0.926. The van der Waals surface area contributed by atoms with Crippen molar-refractivity contribution in [3.05, 3.63) is 6.42 Å². The summed E-state index contributed by atoms with van der Waals surface area (Å²) < 4.78 is 0. The van der Waals surface area contributed by atoms with Crippen molar-refractivity contribution in [3.63, 3.8) is 0 Å². The van der Waals surface area contributed by atoms with E-state index in [9.17, 15) is 0 Å². The topological polar surface area (TPSA) is 20.2 Å². The normalized spacial score (nSPS) is 28.9. The molecule has 1 unspecified atom stereocenters. The zero-order chi connectivity index (χ0) is 5.11. The van der Waals surface area contributed by atoms with Crippen LogP contribution in [0, 0.1) is 6.42 Å². The fraction of sp³-hybridized carbons (Fsp3) is 0.833. The molecule has 0 bridgehead atoms. The molecule has 42 valence electrons. The first-order chi connectivity index (χ1) is 3.39. The van der Waals surface area contributed by atoms with E-state index in [1.807, 2.05) is 0 Å². The quantitative estimate of drug-likeness (QED) is 0.307. The third-order valence-electron chi connectivity index (χ3n) is 1.38. The molecule has 1 nitrogen and oxygen atoms in total. The van der Waals surface area contributed by atoms with E-state index in [1.165, 1.54) is 12.8 Å². The predicted octanol–water partition coefficient (Wildman–Crippen LogP) is -1.87. The van der Waals surface area contributed by atoms with Gasteiger partial charge in [-0.25, -0.2) is 0 Å². The van der Waals surface area contributed by atoms with E-state index in [-0.39, 0.29) is 57.5 Å². The molecular formula is C6H11KO. The standard InChI is InChI=1S/C6H11O.K/c7-6-4-2-1-3-5-6;/h2,6-7H,1,3-5H2;/q-1;+1. The summed E-state index contributed by atoms with van der Waals surface area (Å²) in [4.78, 5) is 0. The van der Waals surface area contributed by atoms with E-state index < -0.39 is 0 Å². The van der Waals surface area contributed by atoms with Gasteiger partial charge in [0.15, 0.2) is 0 Å². The van der Waals surface area contributed by atoms with Gasteiger partial charge in [-0.3, -0.25) is 0 Å².